The number of aromatic nitrogens is 2. The number of likely N-dealkylation sites (tertiary alicyclic amines) is 1. The van der Waals surface area contributed by atoms with Crippen LogP contribution in [0.2, 0.25) is 5.02 Å². The lowest BCUT2D eigenvalue weighted by Crippen LogP contribution is -2.37. The Morgan fingerprint density at radius 3 is 2.74 bits per heavy atom. The standard InChI is InChI=1S/C27H34ClN3O4/c1-21-4-6-23(28)25(16-21)35-19-27(32)8-3-11-30(12-9-27)18-22-5-7-24(26(17-22)33-2)34-15-14-31-13-10-29-20-31/h4-7,10,13,16-17,20,32H,3,8-9,11-12,14-15,18-19H2,1-2H3. The van der Waals surface area contributed by atoms with Crippen LogP contribution < -0.4 is 14.2 Å². The van der Waals surface area contributed by atoms with Crippen LogP contribution in [0.15, 0.2) is 55.1 Å². The molecular weight excluding hydrogens is 466 g/mol. The summed E-state index contributed by atoms with van der Waals surface area (Å²) >= 11 is 6.25. The van der Waals surface area contributed by atoms with Gasteiger partial charge in [-0.25, -0.2) is 4.98 Å². The largest absolute Gasteiger partial charge is 0.493 e. The van der Waals surface area contributed by atoms with E-state index >= 15 is 0 Å². The smallest absolute Gasteiger partial charge is 0.161 e. The van der Waals surface area contributed by atoms with Gasteiger partial charge in [0.1, 0.15) is 19.0 Å². The summed E-state index contributed by atoms with van der Waals surface area (Å²) in [5.74, 6) is 2.08. The molecule has 0 radical (unpaired) electrons. The van der Waals surface area contributed by atoms with Crippen molar-refractivity contribution in [3.05, 3.63) is 71.3 Å². The van der Waals surface area contributed by atoms with Crippen molar-refractivity contribution in [1.82, 2.24) is 14.5 Å². The van der Waals surface area contributed by atoms with Crippen LogP contribution in [0.3, 0.4) is 0 Å². The van der Waals surface area contributed by atoms with E-state index in [1.54, 1.807) is 19.6 Å². The molecule has 1 aromatic heterocycles. The molecule has 1 aliphatic heterocycles. The number of imidazole rings is 1. The Balaban J connectivity index is 1.30. The van der Waals surface area contributed by atoms with Crippen molar-refractivity contribution in [2.75, 3.05) is 33.4 Å². The SMILES string of the molecule is COc1cc(CN2CCCC(O)(COc3cc(C)ccc3Cl)CC2)ccc1OCCn1ccnc1. The normalized spacial score (nSPS) is 18.7. The summed E-state index contributed by atoms with van der Waals surface area (Å²) in [7, 11) is 1.66. The molecule has 2 heterocycles. The fourth-order valence-corrected chi connectivity index (χ4v) is 4.51. The van der Waals surface area contributed by atoms with E-state index in [4.69, 9.17) is 25.8 Å². The molecule has 0 saturated carbocycles. The first kappa shape index (κ1) is 25.4. The molecule has 0 bridgehead atoms. The molecule has 7 nitrogen and oxygen atoms in total. The molecule has 0 spiro atoms. The van der Waals surface area contributed by atoms with Gasteiger partial charge in [0.15, 0.2) is 11.5 Å². The molecule has 0 amide bonds. The summed E-state index contributed by atoms with van der Waals surface area (Å²) in [6.45, 7) is 5.98. The first-order valence-corrected chi connectivity index (χ1v) is 12.4. The van der Waals surface area contributed by atoms with E-state index < -0.39 is 5.60 Å². The van der Waals surface area contributed by atoms with Gasteiger partial charge in [-0.2, -0.15) is 0 Å². The third-order valence-electron chi connectivity index (χ3n) is 6.39. The topological polar surface area (TPSA) is 69.0 Å². The Morgan fingerprint density at radius 1 is 1.06 bits per heavy atom. The third kappa shape index (κ3) is 7.13. The van der Waals surface area contributed by atoms with Crippen molar-refractivity contribution < 1.29 is 19.3 Å². The van der Waals surface area contributed by atoms with E-state index in [1.807, 2.05) is 48.0 Å². The third-order valence-corrected chi connectivity index (χ3v) is 6.71. The number of ether oxygens (including phenoxy) is 3. The van der Waals surface area contributed by atoms with Gasteiger partial charge in [0.2, 0.25) is 0 Å². The highest BCUT2D eigenvalue weighted by Crippen LogP contribution is 2.31. The molecule has 0 aliphatic carbocycles. The Morgan fingerprint density at radius 2 is 1.94 bits per heavy atom. The highest BCUT2D eigenvalue weighted by Gasteiger charge is 2.31. The number of benzene rings is 2. The van der Waals surface area contributed by atoms with Crippen LogP contribution in [0, 0.1) is 6.92 Å². The average molecular weight is 500 g/mol. The van der Waals surface area contributed by atoms with Crippen molar-refractivity contribution in [3.63, 3.8) is 0 Å². The van der Waals surface area contributed by atoms with Gasteiger partial charge in [-0.05, 0) is 68.1 Å². The monoisotopic (exact) mass is 499 g/mol. The summed E-state index contributed by atoms with van der Waals surface area (Å²) in [6, 6.07) is 11.8. The molecule has 1 aliphatic rings. The summed E-state index contributed by atoms with van der Waals surface area (Å²) < 4.78 is 19.4. The van der Waals surface area contributed by atoms with E-state index in [1.165, 1.54) is 0 Å². The maximum atomic E-state index is 11.2. The van der Waals surface area contributed by atoms with Crippen molar-refractivity contribution in [1.29, 1.82) is 0 Å². The van der Waals surface area contributed by atoms with Crippen molar-refractivity contribution >= 4 is 11.6 Å². The quantitative estimate of drug-likeness (QED) is 0.435. The number of methoxy groups -OCH3 is 1. The molecule has 1 fully saturated rings. The van der Waals surface area contributed by atoms with E-state index in [2.05, 4.69) is 16.0 Å². The van der Waals surface area contributed by atoms with Gasteiger partial charge < -0.3 is 23.9 Å². The van der Waals surface area contributed by atoms with Crippen LogP contribution >= 0.6 is 11.6 Å². The van der Waals surface area contributed by atoms with E-state index in [9.17, 15) is 5.11 Å². The van der Waals surface area contributed by atoms with Gasteiger partial charge in [-0.1, -0.05) is 23.7 Å². The minimum atomic E-state index is -0.869. The number of rotatable bonds is 10. The number of nitrogens with zero attached hydrogens (tertiary/aromatic N) is 3. The Hall–Kier alpha value is -2.74. The van der Waals surface area contributed by atoms with Gasteiger partial charge in [0.25, 0.3) is 0 Å². The second-order valence-electron chi connectivity index (χ2n) is 9.21. The molecule has 1 saturated heterocycles. The van der Waals surface area contributed by atoms with Crippen molar-refractivity contribution in [2.45, 2.75) is 44.9 Å². The minimum absolute atomic E-state index is 0.239. The van der Waals surface area contributed by atoms with Gasteiger partial charge in [-0.15, -0.1) is 0 Å². The van der Waals surface area contributed by atoms with Gasteiger partial charge in [-0.3, -0.25) is 4.90 Å². The maximum Gasteiger partial charge on any atom is 0.161 e. The summed E-state index contributed by atoms with van der Waals surface area (Å²) in [5, 5.41) is 11.8. The van der Waals surface area contributed by atoms with Gasteiger partial charge in [0.05, 0.1) is 30.6 Å². The fourth-order valence-electron chi connectivity index (χ4n) is 4.34. The highest BCUT2D eigenvalue weighted by molar-refractivity contribution is 6.32. The van der Waals surface area contributed by atoms with Crippen LogP contribution in [0.4, 0.5) is 0 Å². The van der Waals surface area contributed by atoms with Crippen LogP contribution in [-0.2, 0) is 13.1 Å². The molecule has 2 aromatic carbocycles. The number of hydrogen-bond donors (Lipinski definition) is 1. The van der Waals surface area contributed by atoms with Crippen LogP contribution in [-0.4, -0.2) is 58.6 Å². The second-order valence-corrected chi connectivity index (χ2v) is 9.62. The minimum Gasteiger partial charge on any atom is -0.493 e. The average Bonchev–Trinajstić information content (AvgIpc) is 3.30. The van der Waals surface area contributed by atoms with Crippen LogP contribution in [0.25, 0.3) is 0 Å². The van der Waals surface area contributed by atoms with Gasteiger partial charge >= 0.3 is 0 Å². The first-order valence-electron chi connectivity index (χ1n) is 12.0. The molecule has 4 rings (SSSR count). The molecule has 8 heteroatoms. The van der Waals surface area contributed by atoms with Gasteiger partial charge in [0, 0.05) is 25.5 Å². The van der Waals surface area contributed by atoms with E-state index in [-0.39, 0.29) is 6.61 Å². The lowest BCUT2D eigenvalue weighted by Gasteiger charge is -2.27. The number of hydrogen-bond acceptors (Lipinski definition) is 6. The van der Waals surface area contributed by atoms with Crippen LogP contribution in [0.1, 0.15) is 30.4 Å². The zero-order valence-electron chi connectivity index (χ0n) is 20.5. The molecule has 35 heavy (non-hydrogen) atoms. The summed E-state index contributed by atoms with van der Waals surface area (Å²) in [5.41, 5.74) is 1.36. The molecule has 1 N–H and O–H groups in total. The Bertz CT molecular complexity index is 1090. The number of aliphatic hydroxyl groups is 1. The zero-order chi connectivity index (χ0) is 24.7. The maximum absolute atomic E-state index is 11.2. The predicted octanol–water partition coefficient (Wildman–Crippen LogP) is 4.73. The van der Waals surface area contributed by atoms with Crippen molar-refractivity contribution in [3.8, 4) is 17.2 Å². The molecule has 3 aromatic rings. The number of aryl methyl sites for hydroxylation is 1. The highest BCUT2D eigenvalue weighted by atomic mass is 35.5. The second kappa shape index (κ2) is 11.8. The summed E-state index contributed by atoms with van der Waals surface area (Å²) in [6.07, 6.45) is 7.67. The van der Waals surface area contributed by atoms with E-state index in [0.717, 1.165) is 55.2 Å². The zero-order valence-corrected chi connectivity index (χ0v) is 21.2. The summed E-state index contributed by atoms with van der Waals surface area (Å²) in [4.78, 5) is 6.41. The lowest BCUT2D eigenvalue weighted by molar-refractivity contribution is -0.0168. The lowest BCUT2D eigenvalue weighted by atomic mass is 9.96. The Kier molecular flexibility index (Phi) is 8.55. The first-order chi connectivity index (χ1) is 16.9. The molecular formula is C27H34ClN3O4. The molecule has 1 unspecified atom stereocenters. The molecule has 188 valence electrons. The number of halogens is 1. The van der Waals surface area contributed by atoms with E-state index in [0.29, 0.717) is 30.2 Å². The fraction of sp³-hybridized carbons (Fsp3) is 0.444. The predicted molar refractivity (Wildman–Crippen MR) is 136 cm³/mol. The molecule has 1 atom stereocenters. The van der Waals surface area contributed by atoms with Crippen molar-refractivity contribution in [2.24, 2.45) is 0 Å². The van der Waals surface area contributed by atoms with Crippen LogP contribution in [0.5, 0.6) is 17.2 Å². The Labute approximate surface area is 212 Å².